The number of sulfonamides is 1. The SMILES string of the molecule is O=C(Cc1ccc(NS(=O)(=O)c2cccs2)cc1)Nc1cccc(N2CCNC2=O)c1. The second-order valence-corrected chi connectivity index (χ2v) is 9.75. The van der Waals surface area contributed by atoms with E-state index in [0.717, 1.165) is 22.6 Å². The third-order valence-electron chi connectivity index (χ3n) is 4.63. The summed E-state index contributed by atoms with van der Waals surface area (Å²) < 4.78 is 27.3. The molecule has 10 heteroatoms. The Bertz CT molecular complexity index is 1190. The first-order chi connectivity index (χ1) is 14.9. The van der Waals surface area contributed by atoms with Crippen LogP contribution in [0.15, 0.2) is 70.3 Å². The molecule has 0 atom stereocenters. The molecule has 2 aromatic carbocycles. The van der Waals surface area contributed by atoms with Crippen molar-refractivity contribution in [3.05, 3.63) is 71.6 Å². The molecule has 3 aromatic rings. The van der Waals surface area contributed by atoms with Gasteiger partial charge in [-0.05, 0) is 47.3 Å². The van der Waals surface area contributed by atoms with Crippen LogP contribution in [0.5, 0.6) is 0 Å². The number of hydrogen-bond donors (Lipinski definition) is 3. The highest BCUT2D eigenvalue weighted by atomic mass is 32.2. The van der Waals surface area contributed by atoms with E-state index in [2.05, 4.69) is 15.4 Å². The lowest BCUT2D eigenvalue weighted by molar-refractivity contribution is -0.115. The summed E-state index contributed by atoms with van der Waals surface area (Å²) in [6.45, 7) is 1.17. The first kappa shape index (κ1) is 20.9. The van der Waals surface area contributed by atoms with Gasteiger partial charge < -0.3 is 10.6 Å². The molecule has 0 unspecified atom stereocenters. The highest BCUT2D eigenvalue weighted by Crippen LogP contribution is 2.22. The molecule has 8 nitrogen and oxygen atoms in total. The van der Waals surface area contributed by atoms with Gasteiger partial charge in [-0.25, -0.2) is 13.2 Å². The molecule has 2 heterocycles. The Morgan fingerprint density at radius 3 is 2.55 bits per heavy atom. The molecular formula is C21H20N4O4S2. The smallest absolute Gasteiger partial charge is 0.321 e. The lowest BCUT2D eigenvalue weighted by Gasteiger charge is -2.15. The van der Waals surface area contributed by atoms with Crippen molar-refractivity contribution >= 4 is 50.4 Å². The minimum Gasteiger partial charge on any atom is -0.336 e. The van der Waals surface area contributed by atoms with Crippen LogP contribution in [0.2, 0.25) is 0 Å². The number of amides is 3. The molecule has 1 aromatic heterocycles. The van der Waals surface area contributed by atoms with Gasteiger partial charge in [0.05, 0.1) is 6.42 Å². The van der Waals surface area contributed by atoms with E-state index >= 15 is 0 Å². The van der Waals surface area contributed by atoms with Crippen LogP contribution >= 0.6 is 11.3 Å². The van der Waals surface area contributed by atoms with E-state index in [9.17, 15) is 18.0 Å². The number of anilines is 3. The number of nitrogens with zero attached hydrogens (tertiary/aromatic N) is 1. The van der Waals surface area contributed by atoms with Gasteiger partial charge in [-0.2, -0.15) is 0 Å². The fourth-order valence-corrected chi connectivity index (χ4v) is 5.22. The minimum atomic E-state index is -3.60. The largest absolute Gasteiger partial charge is 0.336 e. The zero-order valence-corrected chi connectivity index (χ0v) is 18.0. The Morgan fingerprint density at radius 2 is 1.87 bits per heavy atom. The number of carbonyl (C=O) groups is 2. The first-order valence-electron chi connectivity index (χ1n) is 9.51. The Balaban J connectivity index is 1.36. The summed E-state index contributed by atoms with van der Waals surface area (Å²) in [6, 6.07) is 16.8. The number of benzene rings is 2. The summed E-state index contributed by atoms with van der Waals surface area (Å²) >= 11 is 1.14. The summed E-state index contributed by atoms with van der Waals surface area (Å²) in [5, 5.41) is 7.28. The number of nitrogens with one attached hydrogen (secondary N) is 3. The summed E-state index contributed by atoms with van der Waals surface area (Å²) in [7, 11) is -3.60. The molecule has 0 spiro atoms. The van der Waals surface area contributed by atoms with Crippen molar-refractivity contribution in [3.63, 3.8) is 0 Å². The van der Waals surface area contributed by atoms with E-state index < -0.39 is 10.0 Å². The van der Waals surface area contributed by atoms with Crippen LogP contribution < -0.4 is 20.3 Å². The van der Waals surface area contributed by atoms with Crippen molar-refractivity contribution in [1.82, 2.24) is 5.32 Å². The fourth-order valence-electron chi connectivity index (χ4n) is 3.17. The Kier molecular flexibility index (Phi) is 5.92. The zero-order chi connectivity index (χ0) is 21.8. The number of urea groups is 1. The molecule has 0 saturated carbocycles. The average Bonchev–Trinajstić information content (AvgIpc) is 3.42. The minimum absolute atomic E-state index is 0.131. The summed E-state index contributed by atoms with van der Waals surface area (Å²) in [5.41, 5.74) is 2.48. The van der Waals surface area contributed by atoms with E-state index in [0.29, 0.717) is 24.5 Å². The normalized spacial score (nSPS) is 13.7. The number of rotatable bonds is 7. The van der Waals surface area contributed by atoms with Crippen molar-refractivity contribution < 1.29 is 18.0 Å². The van der Waals surface area contributed by atoms with Crippen molar-refractivity contribution in [2.45, 2.75) is 10.6 Å². The molecule has 0 bridgehead atoms. The molecule has 1 aliphatic heterocycles. The van der Waals surface area contributed by atoms with Crippen molar-refractivity contribution in [2.24, 2.45) is 0 Å². The molecule has 0 radical (unpaired) electrons. The molecule has 4 rings (SSSR count). The molecule has 3 amide bonds. The number of hydrogen-bond acceptors (Lipinski definition) is 5. The number of thiophene rings is 1. The topological polar surface area (TPSA) is 108 Å². The van der Waals surface area contributed by atoms with Gasteiger partial charge in [0.25, 0.3) is 10.0 Å². The molecule has 0 aliphatic carbocycles. The van der Waals surface area contributed by atoms with E-state index in [-0.39, 0.29) is 22.6 Å². The van der Waals surface area contributed by atoms with Gasteiger partial charge in [-0.3, -0.25) is 14.4 Å². The first-order valence-corrected chi connectivity index (χ1v) is 11.9. The van der Waals surface area contributed by atoms with Crippen molar-refractivity contribution in [3.8, 4) is 0 Å². The Hall–Kier alpha value is -3.37. The molecule has 1 fully saturated rings. The molecule has 1 saturated heterocycles. The zero-order valence-electron chi connectivity index (χ0n) is 16.4. The molecule has 160 valence electrons. The average molecular weight is 457 g/mol. The molecule has 31 heavy (non-hydrogen) atoms. The van der Waals surface area contributed by atoms with Crippen molar-refractivity contribution in [2.75, 3.05) is 28.0 Å². The van der Waals surface area contributed by atoms with E-state index in [4.69, 9.17) is 0 Å². The maximum atomic E-state index is 12.4. The lowest BCUT2D eigenvalue weighted by Crippen LogP contribution is -2.27. The van der Waals surface area contributed by atoms with E-state index in [1.165, 1.54) is 6.07 Å². The van der Waals surface area contributed by atoms with Crippen LogP contribution in [-0.4, -0.2) is 33.4 Å². The predicted molar refractivity (Wildman–Crippen MR) is 121 cm³/mol. The molecule has 3 N–H and O–H groups in total. The van der Waals surface area contributed by atoms with Gasteiger partial charge in [0, 0.05) is 30.2 Å². The van der Waals surface area contributed by atoms with Crippen LogP contribution in [-0.2, 0) is 21.2 Å². The predicted octanol–water partition coefficient (Wildman–Crippen LogP) is 3.26. The van der Waals surface area contributed by atoms with Gasteiger partial charge >= 0.3 is 6.03 Å². The lowest BCUT2D eigenvalue weighted by atomic mass is 10.1. The highest BCUT2D eigenvalue weighted by molar-refractivity contribution is 7.94. The summed E-state index contributed by atoms with van der Waals surface area (Å²) in [4.78, 5) is 25.9. The van der Waals surface area contributed by atoms with Crippen LogP contribution in [0.25, 0.3) is 0 Å². The Morgan fingerprint density at radius 1 is 1.06 bits per heavy atom. The van der Waals surface area contributed by atoms with E-state index in [1.54, 1.807) is 58.8 Å². The quantitative estimate of drug-likeness (QED) is 0.507. The summed E-state index contributed by atoms with van der Waals surface area (Å²) in [5.74, 6) is -0.213. The number of carbonyl (C=O) groups excluding carboxylic acids is 2. The monoisotopic (exact) mass is 456 g/mol. The van der Waals surface area contributed by atoms with Crippen LogP contribution in [0.4, 0.5) is 21.9 Å². The van der Waals surface area contributed by atoms with Gasteiger partial charge in [-0.15, -0.1) is 11.3 Å². The maximum absolute atomic E-state index is 12.4. The summed E-state index contributed by atoms with van der Waals surface area (Å²) in [6.07, 6.45) is 0.131. The second-order valence-electron chi connectivity index (χ2n) is 6.89. The van der Waals surface area contributed by atoms with E-state index in [1.807, 2.05) is 6.07 Å². The third-order valence-corrected chi connectivity index (χ3v) is 7.41. The molecular weight excluding hydrogens is 436 g/mol. The third kappa shape index (κ3) is 5.04. The van der Waals surface area contributed by atoms with Crippen LogP contribution in [0.3, 0.4) is 0 Å². The van der Waals surface area contributed by atoms with Crippen LogP contribution in [0, 0.1) is 0 Å². The van der Waals surface area contributed by atoms with Crippen LogP contribution in [0.1, 0.15) is 5.56 Å². The Labute approximate surface area is 183 Å². The van der Waals surface area contributed by atoms with Gasteiger partial charge in [0.2, 0.25) is 5.91 Å². The van der Waals surface area contributed by atoms with Gasteiger partial charge in [0.1, 0.15) is 4.21 Å². The van der Waals surface area contributed by atoms with Gasteiger partial charge in [0.15, 0.2) is 0 Å². The van der Waals surface area contributed by atoms with Gasteiger partial charge in [-0.1, -0.05) is 24.3 Å². The maximum Gasteiger partial charge on any atom is 0.321 e. The van der Waals surface area contributed by atoms with Crippen molar-refractivity contribution in [1.29, 1.82) is 0 Å². The second kappa shape index (κ2) is 8.78. The molecule has 1 aliphatic rings. The standard InChI is InChI=1S/C21H20N4O4S2/c26-19(23-17-3-1-4-18(14-17)25-11-10-22-21(25)27)13-15-6-8-16(9-7-15)24-31(28,29)20-5-2-12-30-20/h1-9,12,14,24H,10-11,13H2,(H,22,27)(H,23,26). The highest BCUT2D eigenvalue weighted by Gasteiger charge is 2.21. The fraction of sp³-hybridized carbons (Fsp3) is 0.143.